The summed E-state index contributed by atoms with van der Waals surface area (Å²) in [5, 5.41) is 0. The largest absolute Gasteiger partial charge is 0.301 e. The lowest BCUT2D eigenvalue weighted by molar-refractivity contribution is 0.176. The highest BCUT2D eigenvalue weighted by Gasteiger charge is 2.21. The zero-order valence-electron chi connectivity index (χ0n) is 6.43. The third kappa shape index (κ3) is 1.45. The van der Waals surface area contributed by atoms with Crippen molar-refractivity contribution in [1.82, 2.24) is 4.90 Å². The Labute approximate surface area is 58.0 Å². The number of nitrogens with zero attached hydrogens (tertiary/aromatic N) is 1. The van der Waals surface area contributed by atoms with Gasteiger partial charge in [-0.1, -0.05) is 13.8 Å². The molecule has 1 saturated carbocycles. The molecule has 0 N–H and O–H groups in total. The first-order valence-corrected chi connectivity index (χ1v) is 3.94. The SMILES string of the molecule is CCN(CC)C1C[CH]C1. The van der Waals surface area contributed by atoms with Gasteiger partial charge in [0.1, 0.15) is 0 Å². The maximum atomic E-state index is 2.53. The second-order valence-electron chi connectivity index (χ2n) is 2.64. The summed E-state index contributed by atoms with van der Waals surface area (Å²) in [4.78, 5) is 2.53. The van der Waals surface area contributed by atoms with Crippen LogP contribution >= 0.6 is 0 Å². The van der Waals surface area contributed by atoms with Gasteiger partial charge in [-0.3, -0.25) is 0 Å². The van der Waals surface area contributed by atoms with E-state index in [1.807, 2.05) is 0 Å². The van der Waals surface area contributed by atoms with Gasteiger partial charge < -0.3 is 4.90 Å². The normalized spacial score (nSPS) is 20.3. The minimum Gasteiger partial charge on any atom is -0.301 e. The van der Waals surface area contributed by atoms with Crippen LogP contribution < -0.4 is 0 Å². The molecule has 53 valence electrons. The smallest absolute Gasteiger partial charge is 0.0100 e. The zero-order valence-corrected chi connectivity index (χ0v) is 6.43. The lowest BCUT2D eigenvalue weighted by atomic mass is 9.91. The van der Waals surface area contributed by atoms with Crippen LogP contribution in [-0.4, -0.2) is 24.0 Å². The van der Waals surface area contributed by atoms with Crippen molar-refractivity contribution < 1.29 is 0 Å². The average molecular weight is 126 g/mol. The summed E-state index contributed by atoms with van der Waals surface area (Å²) < 4.78 is 0. The maximum absolute atomic E-state index is 2.53. The third-order valence-electron chi connectivity index (χ3n) is 2.21. The minimum absolute atomic E-state index is 0.889. The molecule has 0 aromatic heterocycles. The molecule has 0 saturated heterocycles. The Hall–Kier alpha value is -0.0400. The van der Waals surface area contributed by atoms with Crippen LogP contribution in [0.5, 0.6) is 0 Å². The van der Waals surface area contributed by atoms with Gasteiger partial charge in [0, 0.05) is 6.04 Å². The summed E-state index contributed by atoms with van der Waals surface area (Å²) in [5.41, 5.74) is 0. The second-order valence-corrected chi connectivity index (χ2v) is 2.64. The van der Waals surface area contributed by atoms with Gasteiger partial charge in [0.15, 0.2) is 0 Å². The molecule has 1 heteroatoms. The van der Waals surface area contributed by atoms with E-state index in [9.17, 15) is 0 Å². The Morgan fingerprint density at radius 3 is 2.00 bits per heavy atom. The first-order chi connectivity index (χ1) is 4.38. The molecular weight excluding hydrogens is 110 g/mol. The van der Waals surface area contributed by atoms with E-state index in [4.69, 9.17) is 0 Å². The van der Waals surface area contributed by atoms with Crippen molar-refractivity contribution in [3.63, 3.8) is 0 Å². The quantitative estimate of drug-likeness (QED) is 0.556. The first-order valence-electron chi connectivity index (χ1n) is 3.94. The van der Waals surface area contributed by atoms with Gasteiger partial charge in [-0.2, -0.15) is 0 Å². The van der Waals surface area contributed by atoms with E-state index in [-0.39, 0.29) is 0 Å². The van der Waals surface area contributed by atoms with E-state index in [0.29, 0.717) is 0 Å². The van der Waals surface area contributed by atoms with E-state index in [1.54, 1.807) is 0 Å². The molecule has 1 nitrogen and oxygen atoms in total. The third-order valence-corrected chi connectivity index (χ3v) is 2.21. The summed E-state index contributed by atoms with van der Waals surface area (Å²) in [6.07, 6.45) is 5.01. The molecule has 0 spiro atoms. The number of hydrogen-bond donors (Lipinski definition) is 0. The van der Waals surface area contributed by atoms with E-state index in [2.05, 4.69) is 25.2 Å². The molecule has 0 heterocycles. The van der Waals surface area contributed by atoms with E-state index in [0.717, 1.165) is 6.04 Å². The van der Waals surface area contributed by atoms with E-state index >= 15 is 0 Å². The molecule has 1 radical (unpaired) electrons. The number of hydrogen-bond acceptors (Lipinski definition) is 1. The topological polar surface area (TPSA) is 3.24 Å². The van der Waals surface area contributed by atoms with Gasteiger partial charge in [0.25, 0.3) is 0 Å². The Bertz CT molecular complexity index is 72.6. The molecule has 0 aliphatic heterocycles. The second kappa shape index (κ2) is 3.21. The van der Waals surface area contributed by atoms with Crippen LogP contribution in [-0.2, 0) is 0 Å². The van der Waals surface area contributed by atoms with Crippen LogP contribution in [0.4, 0.5) is 0 Å². The van der Waals surface area contributed by atoms with Gasteiger partial charge in [0.05, 0.1) is 0 Å². The molecule has 9 heavy (non-hydrogen) atoms. The molecule has 1 rings (SSSR count). The van der Waals surface area contributed by atoms with E-state index in [1.165, 1.54) is 25.9 Å². The van der Waals surface area contributed by atoms with Crippen LogP contribution in [0.25, 0.3) is 0 Å². The standard InChI is InChI=1S/C8H16N/c1-3-9(4-2)8-6-5-7-8/h5,8H,3-4,6-7H2,1-2H3. The van der Waals surface area contributed by atoms with Crippen molar-refractivity contribution in [2.24, 2.45) is 0 Å². The Kier molecular flexibility index (Phi) is 2.52. The van der Waals surface area contributed by atoms with Crippen LogP contribution in [0.2, 0.25) is 0 Å². The highest BCUT2D eigenvalue weighted by molar-refractivity contribution is 4.91. The van der Waals surface area contributed by atoms with Crippen molar-refractivity contribution in [2.45, 2.75) is 32.7 Å². The van der Waals surface area contributed by atoms with Gasteiger partial charge in [-0.25, -0.2) is 0 Å². The first kappa shape index (κ1) is 7.07. The van der Waals surface area contributed by atoms with Crippen LogP contribution in [0.3, 0.4) is 0 Å². The van der Waals surface area contributed by atoms with Crippen LogP contribution in [0.15, 0.2) is 0 Å². The van der Waals surface area contributed by atoms with Crippen molar-refractivity contribution in [3.05, 3.63) is 6.42 Å². The molecule has 0 amide bonds. The number of rotatable bonds is 3. The van der Waals surface area contributed by atoms with Crippen molar-refractivity contribution in [3.8, 4) is 0 Å². The van der Waals surface area contributed by atoms with Gasteiger partial charge in [-0.15, -0.1) is 0 Å². The average Bonchev–Trinajstić information content (AvgIpc) is 1.78. The molecule has 1 aliphatic carbocycles. The predicted octanol–water partition coefficient (Wildman–Crippen LogP) is 1.69. The lowest BCUT2D eigenvalue weighted by Crippen LogP contribution is -2.39. The highest BCUT2D eigenvalue weighted by Crippen LogP contribution is 2.22. The Morgan fingerprint density at radius 1 is 1.33 bits per heavy atom. The van der Waals surface area contributed by atoms with E-state index < -0.39 is 0 Å². The molecule has 0 atom stereocenters. The Morgan fingerprint density at radius 2 is 1.89 bits per heavy atom. The summed E-state index contributed by atoms with van der Waals surface area (Å²) in [7, 11) is 0. The van der Waals surface area contributed by atoms with Gasteiger partial charge in [-0.05, 0) is 32.4 Å². The predicted molar refractivity (Wildman–Crippen MR) is 40.2 cm³/mol. The summed E-state index contributed by atoms with van der Waals surface area (Å²) in [5.74, 6) is 0. The molecule has 0 bridgehead atoms. The molecule has 1 fully saturated rings. The molecular formula is C8H16N. The highest BCUT2D eigenvalue weighted by atomic mass is 15.1. The van der Waals surface area contributed by atoms with Crippen molar-refractivity contribution in [2.75, 3.05) is 13.1 Å². The zero-order chi connectivity index (χ0) is 6.69. The van der Waals surface area contributed by atoms with Gasteiger partial charge in [0.2, 0.25) is 0 Å². The lowest BCUT2D eigenvalue weighted by Gasteiger charge is -2.35. The summed E-state index contributed by atoms with van der Waals surface area (Å²) in [6, 6.07) is 0.889. The van der Waals surface area contributed by atoms with Crippen molar-refractivity contribution in [1.29, 1.82) is 0 Å². The fraction of sp³-hybridized carbons (Fsp3) is 0.875. The maximum Gasteiger partial charge on any atom is 0.0100 e. The van der Waals surface area contributed by atoms with Crippen LogP contribution in [0, 0.1) is 6.42 Å². The Balaban J connectivity index is 2.19. The van der Waals surface area contributed by atoms with Crippen molar-refractivity contribution >= 4 is 0 Å². The fourth-order valence-electron chi connectivity index (χ4n) is 1.35. The summed E-state index contributed by atoms with van der Waals surface area (Å²) in [6.45, 7) is 6.91. The monoisotopic (exact) mass is 126 g/mol. The summed E-state index contributed by atoms with van der Waals surface area (Å²) >= 11 is 0. The molecule has 0 aromatic carbocycles. The molecule has 1 aliphatic rings. The van der Waals surface area contributed by atoms with Crippen LogP contribution in [0.1, 0.15) is 26.7 Å². The van der Waals surface area contributed by atoms with Gasteiger partial charge >= 0.3 is 0 Å². The molecule has 0 unspecified atom stereocenters. The molecule has 0 aromatic rings. The fourth-order valence-corrected chi connectivity index (χ4v) is 1.35. The minimum atomic E-state index is 0.889.